The first-order valence-electron chi connectivity index (χ1n) is 10.9. The Labute approximate surface area is 186 Å². The second kappa shape index (κ2) is 8.80. The molecule has 2 aromatic carbocycles. The van der Waals surface area contributed by atoms with Crippen LogP contribution >= 0.6 is 0 Å². The van der Waals surface area contributed by atoms with Gasteiger partial charge in [0.1, 0.15) is 0 Å². The Balaban J connectivity index is 1.55. The van der Waals surface area contributed by atoms with Gasteiger partial charge >= 0.3 is 0 Å². The standard InChI is InChI=1S/C25H25N5O2/c1-2-30-24-20(17-26-30)19(16-22(27-24)18-8-4-3-5-9-18)25(31)28-21-10-6-7-11-23(21)29-12-14-32-15-13-29/h3-11,16-17H,2,12-15H2,1H3,(H,28,31). The fourth-order valence-electron chi connectivity index (χ4n) is 4.07. The summed E-state index contributed by atoms with van der Waals surface area (Å²) in [6, 6.07) is 19.7. The molecule has 0 atom stereocenters. The predicted octanol–water partition coefficient (Wildman–Crippen LogP) is 4.21. The number of carbonyl (C=O) groups excluding carboxylic acids is 1. The van der Waals surface area contributed by atoms with Crippen molar-refractivity contribution in [3.8, 4) is 11.3 Å². The normalized spacial score (nSPS) is 14.0. The lowest BCUT2D eigenvalue weighted by atomic mass is 10.1. The quantitative estimate of drug-likeness (QED) is 0.517. The molecule has 3 heterocycles. The number of fused-ring (bicyclic) bond motifs is 1. The monoisotopic (exact) mass is 427 g/mol. The number of ether oxygens (including phenoxy) is 1. The highest BCUT2D eigenvalue weighted by molar-refractivity contribution is 6.13. The number of hydrogen-bond acceptors (Lipinski definition) is 5. The van der Waals surface area contributed by atoms with Crippen LogP contribution in [0.2, 0.25) is 0 Å². The van der Waals surface area contributed by atoms with E-state index < -0.39 is 0 Å². The lowest BCUT2D eigenvalue weighted by Crippen LogP contribution is -2.36. The zero-order valence-corrected chi connectivity index (χ0v) is 18.0. The maximum absolute atomic E-state index is 13.5. The third kappa shape index (κ3) is 3.83. The van der Waals surface area contributed by atoms with Crippen LogP contribution < -0.4 is 10.2 Å². The number of anilines is 2. The molecule has 0 unspecified atom stereocenters. The van der Waals surface area contributed by atoms with Crippen LogP contribution in [0.15, 0.2) is 66.9 Å². The van der Waals surface area contributed by atoms with Crippen LogP contribution in [0.5, 0.6) is 0 Å². The number of nitrogens with one attached hydrogen (secondary N) is 1. The van der Waals surface area contributed by atoms with E-state index in [-0.39, 0.29) is 5.91 Å². The van der Waals surface area contributed by atoms with Crippen molar-refractivity contribution in [3.05, 3.63) is 72.4 Å². The van der Waals surface area contributed by atoms with Crippen molar-refractivity contribution in [3.63, 3.8) is 0 Å². The molecule has 5 rings (SSSR count). The average Bonchev–Trinajstić information content (AvgIpc) is 3.28. The van der Waals surface area contributed by atoms with E-state index in [1.54, 1.807) is 6.20 Å². The van der Waals surface area contributed by atoms with Gasteiger partial charge in [-0.15, -0.1) is 0 Å². The summed E-state index contributed by atoms with van der Waals surface area (Å²) in [4.78, 5) is 20.6. The molecule has 0 radical (unpaired) electrons. The molecule has 0 spiro atoms. The van der Waals surface area contributed by atoms with Crippen LogP contribution in [0.3, 0.4) is 0 Å². The number of pyridine rings is 1. The highest BCUT2D eigenvalue weighted by atomic mass is 16.5. The highest BCUT2D eigenvalue weighted by Gasteiger charge is 2.20. The van der Waals surface area contributed by atoms with Gasteiger partial charge in [-0.05, 0) is 25.1 Å². The lowest BCUT2D eigenvalue weighted by molar-refractivity contribution is 0.102. The molecular weight excluding hydrogens is 402 g/mol. The van der Waals surface area contributed by atoms with E-state index >= 15 is 0 Å². The van der Waals surface area contributed by atoms with Crippen molar-refractivity contribution in [1.29, 1.82) is 0 Å². The zero-order chi connectivity index (χ0) is 21.9. The molecule has 4 aromatic rings. The molecule has 7 nitrogen and oxygen atoms in total. The molecule has 0 aliphatic carbocycles. The fraction of sp³-hybridized carbons (Fsp3) is 0.240. The summed E-state index contributed by atoms with van der Waals surface area (Å²) in [7, 11) is 0. The minimum Gasteiger partial charge on any atom is -0.378 e. The second-order valence-corrected chi connectivity index (χ2v) is 7.69. The van der Waals surface area contributed by atoms with Crippen LogP contribution in [-0.2, 0) is 11.3 Å². The topological polar surface area (TPSA) is 72.3 Å². The van der Waals surface area contributed by atoms with Gasteiger partial charge < -0.3 is 15.0 Å². The zero-order valence-electron chi connectivity index (χ0n) is 18.0. The molecule has 1 fully saturated rings. The molecule has 1 saturated heterocycles. The maximum Gasteiger partial charge on any atom is 0.256 e. The number of carbonyl (C=O) groups is 1. The van der Waals surface area contributed by atoms with Gasteiger partial charge in [0.05, 0.1) is 47.4 Å². The molecule has 1 N–H and O–H groups in total. The van der Waals surface area contributed by atoms with Crippen LogP contribution in [-0.4, -0.2) is 47.0 Å². The summed E-state index contributed by atoms with van der Waals surface area (Å²) in [6.45, 7) is 5.66. The average molecular weight is 428 g/mol. The first-order valence-corrected chi connectivity index (χ1v) is 10.9. The Morgan fingerprint density at radius 2 is 1.81 bits per heavy atom. The van der Waals surface area contributed by atoms with Crippen LogP contribution in [0.1, 0.15) is 17.3 Å². The molecule has 1 aliphatic rings. The van der Waals surface area contributed by atoms with Gasteiger partial charge in [0.15, 0.2) is 5.65 Å². The van der Waals surface area contributed by atoms with Crippen LogP contribution in [0.25, 0.3) is 22.3 Å². The highest BCUT2D eigenvalue weighted by Crippen LogP contribution is 2.29. The van der Waals surface area contributed by atoms with Crippen LogP contribution in [0.4, 0.5) is 11.4 Å². The Hall–Kier alpha value is -3.71. The van der Waals surface area contributed by atoms with E-state index in [4.69, 9.17) is 9.72 Å². The van der Waals surface area contributed by atoms with E-state index in [1.165, 1.54) is 0 Å². The van der Waals surface area contributed by atoms with Crippen molar-refractivity contribution in [2.24, 2.45) is 0 Å². The third-order valence-electron chi connectivity index (χ3n) is 5.73. The van der Waals surface area contributed by atoms with Crippen molar-refractivity contribution in [2.75, 3.05) is 36.5 Å². The van der Waals surface area contributed by atoms with Crippen molar-refractivity contribution in [1.82, 2.24) is 14.8 Å². The van der Waals surface area contributed by atoms with Gasteiger partial charge in [0, 0.05) is 25.2 Å². The smallest absolute Gasteiger partial charge is 0.256 e. The molecule has 0 saturated carbocycles. The molecule has 32 heavy (non-hydrogen) atoms. The van der Waals surface area contributed by atoms with Gasteiger partial charge in [0.2, 0.25) is 0 Å². The molecular formula is C25H25N5O2. The van der Waals surface area contributed by atoms with E-state index in [0.29, 0.717) is 31.0 Å². The minimum atomic E-state index is -0.175. The molecule has 7 heteroatoms. The summed E-state index contributed by atoms with van der Waals surface area (Å²) < 4.78 is 7.30. The largest absolute Gasteiger partial charge is 0.378 e. The van der Waals surface area contributed by atoms with E-state index in [2.05, 4.69) is 15.3 Å². The Kier molecular flexibility index (Phi) is 5.56. The number of aromatic nitrogens is 3. The summed E-state index contributed by atoms with van der Waals surface area (Å²) in [5.74, 6) is -0.175. The lowest BCUT2D eigenvalue weighted by Gasteiger charge is -2.30. The van der Waals surface area contributed by atoms with E-state index in [1.807, 2.05) is 72.3 Å². The van der Waals surface area contributed by atoms with Gasteiger partial charge in [0.25, 0.3) is 5.91 Å². The van der Waals surface area contributed by atoms with E-state index in [9.17, 15) is 4.79 Å². The van der Waals surface area contributed by atoms with Gasteiger partial charge in [-0.2, -0.15) is 5.10 Å². The second-order valence-electron chi connectivity index (χ2n) is 7.69. The number of benzene rings is 2. The van der Waals surface area contributed by atoms with Crippen molar-refractivity contribution >= 4 is 28.3 Å². The molecule has 1 aliphatic heterocycles. The van der Waals surface area contributed by atoms with Gasteiger partial charge in [-0.25, -0.2) is 9.67 Å². The number of amides is 1. The van der Waals surface area contributed by atoms with Gasteiger partial charge in [-0.3, -0.25) is 4.79 Å². The van der Waals surface area contributed by atoms with Crippen molar-refractivity contribution in [2.45, 2.75) is 13.5 Å². The number of hydrogen-bond donors (Lipinski definition) is 1. The summed E-state index contributed by atoms with van der Waals surface area (Å²) in [5, 5.41) is 8.32. The molecule has 1 amide bonds. The minimum absolute atomic E-state index is 0.175. The summed E-state index contributed by atoms with van der Waals surface area (Å²) in [5.41, 5.74) is 4.77. The fourth-order valence-corrected chi connectivity index (χ4v) is 4.07. The number of nitrogens with zero attached hydrogens (tertiary/aromatic N) is 4. The van der Waals surface area contributed by atoms with Gasteiger partial charge in [-0.1, -0.05) is 42.5 Å². The Bertz CT molecular complexity index is 1250. The Morgan fingerprint density at radius 3 is 2.59 bits per heavy atom. The van der Waals surface area contributed by atoms with Crippen LogP contribution in [0, 0.1) is 0 Å². The maximum atomic E-state index is 13.5. The number of aryl methyl sites for hydroxylation is 1. The SMILES string of the molecule is CCn1ncc2c(C(=O)Nc3ccccc3N3CCOCC3)cc(-c3ccccc3)nc21. The van der Waals surface area contributed by atoms with Crippen molar-refractivity contribution < 1.29 is 9.53 Å². The molecule has 0 bridgehead atoms. The Morgan fingerprint density at radius 1 is 1.06 bits per heavy atom. The summed E-state index contributed by atoms with van der Waals surface area (Å²) >= 11 is 0. The first-order chi connectivity index (χ1) is 15.7. The first kappa shape index (κ1) is 20.2. The number of para-hydroxylation sites is 2. The number of morpholine rings is 1. The molecule has 162 valence electrons. The van der Waals surface area contributed by atoms with E-state index in [0.717, 1.165) is 41.1 Å². The number of rotatable bonds is 5. The summed E-state index contributed by atoms with van der Waals surface area (Å²) in [6.07, 6.45) is 1.73. The third-order valence-corrected chi connectivity index (χ3v) is 5.73. The molecule has 2 aromatic heterocycles. The predicted molar refractivity (Wildman–Crippen MR) is 126 cm³/mol.